The molecule has 0 radical (unpaired) electrons. The predicted octanol–water partition coefficient (Wildman–Crippen LogP) is 4.09. The number of carbonyl (C=O) groups is 4. The maximum absolute atomic E-state index is 13.4. The zero-order chi connectivity index (χ0) is 28.7. The number of esters is 2. The largest absolute Gasteiger partial charge is 0.461 e. The molecule has 2 atom stereocenters. The van der Waals surface area contributed by atoms with E-state index in [0.29, 0.717) is 0 Å². The summed E-state index contributed by atoms with van der Waals surface area (Å²) in [5.74, 6) is -2.10. The van der Waals surface area contributed by atoms with E-state index in [0.717, 1.165) is 16.7 Å². The molecule has 0 saturated heterocycles. The fourth-order valence-corrected chi connectivity index (χ4v) is 3.71. The van der Waals surface area contributed by atoms with Crippen LogP contribution in [0.3, 0.4) is 0 Å². The summed E-state index contributed by atoms with van der Waals surface area (Å²) >= 11 is 0. The summed E-state index contributed by atoms with van der Waals surface area (Å²) in [6.45, 7) is 3.38. The van der Waals surface area contributed by atoms with Gasteiger partial charge in [-0.05, 0) is 30.5 Å². The molecule has 9 nitrogen and oxygen atoms in total. The lowest BCUT2D eigenvalue weighted by Crippen LogP contribution is -2.53. The van der Waals surface area contributed by atoms with Crippen LogP contribution in [-0.2, 0) is 48.2 Å². The molecular formula is C31H34N2O7. The van der Waals surface area contributed by atoms with Crippen LogP contribution >= 0.6 is 0 Å². The highest BCUT2D eigenvalue weighted by atomic mass is 16.6. The van der Waals surface area contributed by atoms with Gasteiger partial charge in [0.2, 0.25) is 5.91 Å². The van der Waals surface area contributed by atoms with Gasteiger partial charge in [0.15, 0.2) is 0 Å². The molecule has 0 fully saturated rings. The molecule has 0 aliphatic heterocycles. The molecule has 3 rings (SSSR count). The van der Waals surface area contributed by atoms with Gasteiger partial charge in [-0.2, -0.15) is 0 Å². The second-order valence-electron chi connectivity index (χ2n) is 9.35. The minimum Gasteiger partial charge on any atom is -0.461 e. The van der Waals surface area contributed by atoms with E-state index in [1.165, 1.54) is 0 Å². The standard InChI is InChI=1S/C31H34N2O7/c1-22(2)40-30(36)27(18-23-12-6-3-7-13-23)32-29(35)26(19-28(34)38-20-24-14-8-4-9-15-24)33-31(37)39-21-25-16-10-5-11-17-25/h3-17,22,26-27H,18-21H2,1-2H3,(H,32,35)(H,33,37). The minimum atomic E-state index is -1.36. The summed E-state index contributed by atoms with van der Waals surface area (Å²) < 4.78 is 15.9. The number of alkyl carbamates (subject to hydrolysis) is 1. The zero-order valence-electron chi connectivity index (χ0n) is 22.6. The molecule has 9 heteroatoms. The average molecular weight is 547 g/mol. The monoisotopic (exact) mass is 546 g/mol. The van der Waals surface area contributed by atoms with Crippen LogP contribution in [0.1, 0.15) is 37.0 Å². The Morgan fingerprint density at radius 2 is 1.15 bits per heavy atom. The fourth-order valence-electron chi connectivity index (χ4n) is 3.71. The lowest BCUT2D eigenvalue weighted by Gasteiger charge is -2.23. The van der Waals surface area contributed by atoms with Crippen LogP contribution in [0.2, 0.25) is 0 Å². The molecule has 2 N–H and O–H groups in total. The molecule has 3 aromatic carbocycles. The van der Waals surface area contributed by atoms with Crippen molar-refractivity contribution in [2.24, 2.45) is 0 Å². The number of nitrogens with one attached hydrogen (secondary N) is 2. The zero-order valence-corrected chi connectivity index (χ0v) is 22.6. The number of benzene rings is 3. The molecule has 2 unspecified atom stereocenters. The Bertz CT molecular complexity index is 1180. The molecule has 0 heterocycles. The second-order valence-corrected chi connectivity index (χ2v) is 9.35. The molecule has 0 bridgehead atoms. The van der Waals surface area contributed by atoms with E-state index >= 15 is 0 Å². The lowest BCUT2D eigenvalue weighted by molar-refractivity contribution is -0.151. The van der Waals surface area contributed by atoms with Gasteiger partial charge in [-0.25, -0.2) is 9.59 Å². The fraction of sp³-hybridized carbons (Fsp3) is 0.290. The second kappa shape index (κ2) is 15.7. The molecule has 0 aliphatic carbocycles. The van der Waals surface area contributed by atoms with E-state index in [-0.39, 0.29) is 19.6 Å². The molecule has 0 spiro atoms. The van der Waals surface area contributed by atoms with E-state index in [1.807, 2.05) is 54.6 Å². The van der Waals surface area contributed by atoms with Crippen molar-refractivity contribution in [3.63, 3.8) is 0 Å². The summed E-state index contributed by atoms with van der Waals surface area (Å²) in [5.41, 5.74) is 2.31. The van der Waals surface area contributed by atoms with Gasteiger partial charge in [-0.15, -0.1) is 0 Å². The normalized spacial score (nSPS) is 12.1. The van der Waals surface area contributed by atoms with Gasteiger partial charge >= 0.3 is 18.0 Å². The van der Waals surface area contributed by atoms with Crippen LogP contribution in [0.4, 0.5) is 4.79 Å². The Hall–Kier alpha value is -4.66. The first-order valence-electron chi connectivity index (χ1n) is 13.0. The third-order valence-electron chi connectivity index (χ3n) is 5.67. The van der Waals surface area contributed by atoms with E-state index in [2.05, 4.69) is 10.6 Å². The van der Waals surface area contributed by atoms with Crippen LogP contribution in [0.5, 0.6) is 0 Å². The van der Waals surface area contributed by atoms with E-state index in [1.54, 1.807) is 50.2 Å². The van der Waals surface area contributed by atoms with Gasteiger partial charge in [0.25, 0.3) is 0 Å². The topological polar surface area (TPSA) is 120 Å². The van der Waals surface area contributed by atoms with Gasteiger partial charge in [0, 0.05) is 6.42 Å². The van der Waals surface area contributed by atoms with Crippen LogP contribution in [0, 0.1) is 0 Å². The van der Waals surface area contributed by atoms with E-state index in [4.69, 9.17) is 14.2 Å². The van der Waals surface area contributed by atoms with Crippen molar-refractivity contribution in [3.8, 4) is 0 Å². The molecule has 0 aromatic heterocycles. The number of hydrogen-bond donors (Lipinski definition) is 2. The smallest absolute Gasteiger partial charge is 0.408 e. The highest BCUT2D eigenvalue weighted by Crippen LogP contribution is 2.09. The first-order chi connectivity index (χ1) is 19.3. The van der Waals surface area contributed by atoms with Crippen LogP contribution < -0.4 is 10.6 Å². The molecule has 40 heavy (non-hydrogen) atoms. The lowest BCUT2D eigenvalue weighted by atomic mass is 10.0. The minimum absolute atomic E-state index is 0.00378. The van der Waals surface area contributed by atoms with Crippen molar-refractivity contribution >= 4 is 23.9 Å². The Kier molecular flexibility index (Phi) is 11.7. The average Bonchev–Trinajstić information content (AvgIpc) is 2.95. The Labute approximate surface area is 233 Å². The third-order valence-corrected chi connectivity index (χ3v) is 5.67. The molecular weight excluding hydrogens is 512 g/mol. The highest BCUT2D eigenvalue weighted by Gasteiger charge is 2.30. The Morgan fingerprint density at radius 1 is 0.650 bits per heavy atom. The number of ether oxygens (including phenoxy) is 3. The van der Waals surface area contributed by atoms with Gasteiger partial charge in [-0.1, -0.05) is 91.0 Å². The first kappa shape index (κ1) is 29.9. The maximum atomic E-state index is 13.4. The number of amides is 2. The van der Waals surface area contributed by atoms with Gasteiger partial charge < -0.3 is 24.8 Å². The van der Waals surface area contributed by atoms with Gasteiger partial charge in [0.1, 0.15) is 25.3 Å². The number of hydrogen-bond acceptors (Lipinski definition) is 7. The Balaban J connectivity index is 1.71. The van der Waals surface area contributed by atoms with Crippen LogP contribution in [-0.4, -0.2) is 42.1 Å². The van der Waals surface area contributed by atoms with Gasteiger partial charge in [-0.3, -0.25) is 9.59 Å². The van der Waals surface area contributed by atoms with E-state index < -0.39 is 48.5 Å². The summed E-state index contributed by atoms with van der Waals surface area (Å²) in [6.07, 6.45) is -1.63. The number of rotatable bonds is 13. The Morgan fingerprint density at radius 3 is 1.68 bits per heavy atom. The SMILES string of the molecule is CC(C)OC(=O)C(Cc1ccccc1)NC(=O)C(CC(=O)OCc1ccccc1)NC(=O)OCc1ccccc1. The number of carbonyl (C=O) groups excluding carboxylic acids is 4. The summed E-state index contributed by atoms with van der Waals surface area (Å²) in [7, 11) is 0. The summed E-state index contributed by atoms with van der Waals surface area (Å²) in [4.78, 5) is 51.4. The highest BCUT2D eigenvalue weighted by molar-refractivity contribution is 5.92. The summed E-state index contributed by atoms with van der Waals surface area (Å²) in [6, 6.07) is 24.8. The van der Waals surface area contributed by atoms with Gasteiger partial charge in [0.05, 0.1) is 12.5 Å². The molecule has 0 saturated carbocycles. The third kappa shape index (κ3) is 10.6. The summed E-state index contributed by atoms with van der Waals surface area (Å²) in [5, 5.41) is 5.08. The van der Waals surface area contributed by atoms with Crippen LogP contribution in [0.15, 0.2) is 91.0 Å². The molecule has 210 valence electrons. The van der Waals surface area contributed by atoms with Crippen LogP contribution in [0.25, 0.3) is 0 Å². The van der Waals surface area contributed by atoms with Crippen molar-refractivity contribution in [3.05, 3.63) is 108 Å². The molecule has 0 aliphatic rings. The molecule has 2 amide bonds. The van der Waals surface area contributed by atoms with Crippen molar-refractivity contribution in [2.75, 3.05) is 0 Å². The first-order valence-corrected chi connectivity index (χ1v) is 13.0. The molecule has 3 aromatic rings. The van der Waals surface area contributed by atoms with E-state index in [9.17, 15) is 19.2 Å². The predicted molar refractivity (Wildman–Crippen MR) is 148 cm³/mol. The maximum Gasteiger partial charge on any atom is 0.408 e. The van der Waals surface area contributed by atoms with Crippen molar-refractivity contribution < 1.29 is 33.4 Å². The van der Waals surface area contributed by atoms with Crippen molar-refractivity contribution in [1.29, 1.82) is 0 Å². The quantitative estimate of drug-likeness (QED) is 0.245. The van der Waals surface area contributed by atoms with Crippen molar-refractivity contribution in [2.45, 2.75) is 58.1 Å². The van der Waals surface area contributed by atoms with Crippen molar-refractivity contribution in [1.82, 2.24) is 10.6 Å².